The van der Waals surface area contributed by atoms with Crippen molar-refractivity contribution in [1.29, 1.82) is 0 Å². The number of nitrogens with one attached hydrogen (secondary N) is 1. The third-order valence-electron chi connectivity index (χ3n) is 5.67. The van der Waals surface area contributed by atoms with Gasteiger partial charge in [0, 0.05) is 16.8 Å². The minimum atomic E-state index is -0.753. The number of carbonyl (C=O) groups excluding carboxylic acids is 4. The Morgan fingerprint density at radius 3 is 2.67 bits per heavy atom. The highest BCUT2D eigenvalue weighted by atomic mass is 79.9. The molecule has 4 rings (SSSR count). The molecule has 0 saturated carbocycles. The third-order valence-corrected chi connectivity index (χ3v) is 6.17. The maximum Gasteiger partial charge on any atom is 0.338 e. The number of anilines is 1. The van der Waals surface area contributed by atoms with Crippen LogP contribution in [-0.4, -0.2) is 54.5 Å². The fourth-order valence-electron chi connectivity index (χ4n) is 3.95. The van der Waals surface area contributed by atoms with Gasteiger partial charge >= 0.3 is 5.97 Å². The second-order valence-corrected chi connectivity index (χ2v) is 8.81. The lowest BCUT2D eigenvalue weighted by Crippen LogP contribution is -2.36. The Morgan fingerprint density at radius 2 is 1.94 bits per heavy atom. The SMILES string of the molecule is CCc1cc(Br)ccc1NC(=O)COC(=O)c1ccc2c(c1)C(=O)N(C[C@H]1CCCO1)C2=O. The lowest BCUT2D eigenvalue weighted by atomic mass is 10.1. The van der Waals surface area contributed by atoms with Crippen molar-refractivity contribution in [3.8, 4) is 0 Å². The van der Waals surface area contributed by atoms with Gasteiger partial charge in [-0.3, -0.25) is 19.3 Å². The molecule has 3 amide bonds. The summed E-state index contributed by atoms with van der Waals surface area (Å²) in [6.45, 7) is 2.31. The van der Waals surface area contributed by atoms with Crippen LogP contribution in [0.5, 0.6) is 0 Å². The highest BCUT2D eigenvalue weighted by Gasteiger charge is 2.38. The van der Waals surface area contributed by atoms with E-state index in [2.05, 4.69) is 21.2 Å². The molecule has 2 aliphatic heterocycles. The summed E-state index contributed by atoms with van der Waals surface area (Å²) in [4.78, 5) is 51.3. The summed E-state index contributed by atoms with van der Waals surface area (Å²) in [6, 6.07) is 9.70. The van der Waals surface area contributed by atoms with Gasteiger partial charge in [0.25, 0.3) is 17.7 Å². The second kappa shape index (κ2) is 9.84. The molecule has 172 valence electrons. The molecule has 1 fully saturated rings. The number of imide groups is 1. The number of esters is 1. The molecule has 0 bridgehead atoms. The lowest BCUT2D eigenvalue weighted by molar-refractivity contribution is -0.119. The molecule has 9 heteroatoms. The van der Waals surface area contributed by atoms with Crippen LogP contribution in [0.15, 0.2) is 40.9 Å². The zero-order valence-corrected chi connectivity index (χ0v) is 19.6. The highest BCUT2D eigenvalue weighted by molar-refractivity contribution is 9.10. The minimum Gasteiger partial charge on any atom is -0.452 e. The Labute approximate surface area is 199 Å². The number of fused-ring (bicyclic) bond motifs is 1. The molecule has 1 saturated heterocycles. The van der Waals surface area contributed by atoms with Crippen LogP contribution in [-0.2, 0) is 20.7 Å². The number of benzene rings is 2. The Hall–Kier alpha value is -3.04. The zero-order valence-electron chi connectivity index (χ0n) is 18.1. The monoisotopic (exact) mass is 514 g/mol. The van der Waals surface area contributed by atoms with Crippen molar-refractivity contribution in [2.45, 2.75) is 32.3 Å². The fourth-order valence-corrected chi connectivity index (χ4v) is 4.36. The molecule has 2 aromatic rings. The standard InChI is InChI=1S/C24H23BrN2O6/c1-2-14-10-16(25)6-8-20(14)26-21(28)13-33-24(31)15-5-7-18-19(11-15)23(30)27(22(18)29)12-17-4-3-9-32-17/h5-8,10-11,17H,2-4,9,12-13H2,1H3,(H,26,28)/t17-/m1/s1. The molecule has 2 aliphatic rings. The molecule has 1 atom stereocenters. The van der Waals surface area contributed by atoms with Gasteiger partial charge in [-0.2, -0.15) is 0 Å². The molecule has 0 aliphatic carbocycles. The van der Waals surface area contributed by atoms with Crippen molar-refractivity contribution in [3.05, 3.63) is 63.1 Å². The second-order valence-electron chi connectivity index (χ2n) is 7.90. The van der Waals surface area contributed by atoms with E-state index in [-0.39, 0.29) is 29.3 Å². The van der Waals surface area contributed by atoms with E-state index in [1.54, 1.807) is 6.07 Å². The lowest BCUT2D eigenvalue weighted by Gasteiger charge is -2.17. The number of nitrogens with zero attached hydrogens (tertiary/aromatic N) is 1. The topological polar surface area (TPSA) is 102 Å². The first-order valence-electron chi connectivity index (χ1n) is 10.7. The van der Waals surface area contributed by atoms with Crippen molar-refractivity contribution in [3.63, 3.8) is 0 Å². The molecule has 0 radical (unpaired) electrons. The van der Waals surface area contributed by atoms with E-state index in [0.717, 1.165) is 34.2 Å². The van der Waals surface area contributed by atoms with Crippen LogP contribution < -0.4 is 5.32 Å². The number of carbonyl (C=O) groups is 4. The Morgan fingerprint density at radius 1 is 1.15 bits per heavy atom. The number of rotatable bonds is 7. The summed E-state index contributed by atoms with van der Waals surface area (Å²) in [6.07, 6.45) is 2.27. The number of amides is 3. The van der Waals surface area contributed by atoms with Crippen molar-refractivity contribution >= 4 is 45.3 Å². The molecule has 0 spiro atoms. The van der Waals surface area contributed by atoms with Gasteiger partial charge in [0.15, 0.2) is 6.61 Å². The number of hydrogen-bond donors (Lipinski definition) is 1. The predicted octanol–water partition coefficient (Wildman–Crippen LogP) is 3.58. The van der Waals surface area contributed by atoms with E-state index in [0.29, 0.717) is 12.3 Å². The number of ether oxygens (including phenoxy) is 2. The zero-order chi connectivity index (χ0) is 23.5. The Bertz CT molecular complexity index is 1130. The maximum atomic E-state index is 12.8. The van der Waals surface area contributed by atoms with Crippen molar-refractivity contribution < 1.29 is 28.7 Å². The summed E-state index contributed by atoms with van der Waals surface area (Å²) in [5, 5.41) is 2.74. The van der Waals surface area contributed by atoms with Gasteiger partial charge in [0.1, 0.15) is 0 Å². The van der Waals surface area contributed by atoms with Crippen LogP contribution in [0.3, 0.4) is 0 Å². The van der Waals surface area contributed by atoms with E-state index < -0.39 is 30.3 Å². The first kappa shape index (κ1) is 23.1. The molecule has 0 aromatic heterocycles. The van der Waals surface area contributed by atoms with E-state index >= 15 is 0 Å². The van der Waals surface area contributed by atoms with Crippen molar-refractivity contribution in [2.75, 3.05) is 25.1 Å². The maximum absolute atomic E-state index is 12.8. The molecule has 2 aromatic carbocycles. The summed E-state index contributed by atoms with van der Waals surface area (Å²) in [5.74, 6) is -2.08. The third kappa shape index (κ3) is 4.99. The van der Waals surface area contributed by atoms with Crippen LogP contribution in [0.4, 0.5) is 5.69 Å². The van der Waals surface area contributed by atoms with E-state index in [1.807, 2.05) is 19.1 Å². The molecule has 8 nitrogen and oxygen atoms in total. The van der Waals surface area contributed by atoms with Gasteiger partial charge in [0.2, 0.25) is 0 Å². The molecular formula is C24H23BrN2O6. The summed E-state index contributed by atoms with van der Waals surface area (Å²) >= 11 is 3.40. The van der Waals surface area contributed by atoms with Gasteiger partial charge in [-0.15, -0.1) is 0 Å². The Kier molecular flexibility index (Phi) is 6.90. The summed E-state index contributed by atoms with van der Waals surface area (Å²) in [7, 11) is 0. The average molecular weight is 515 g/mol. The highest BCUT2D eigenvalue weighted by Crippen LogP contribution is 2.26. The normalized spacial score (nSPS) is 17.3. The summed E-state index contributed by atoms with van der Waals surface area (Å²) < 4.78 is 11.6. The average Bonchev–Trinajstić information content (AvgIpc) is 3.41. The van der Waals surface area contributed by atoms with Crippen LogP contribution in [0.1, 0.15) is 56.4 Å². The first-order chi connectivity index (χ1) is 15.9. The molecular weight excluding hydrogens is 492 g/mol. The predicted molar refractivity (Wildman–Crippen MR) is 123 cm³/mol. The van der Waals surface area contributed by atoms with Gasteiger partial charge < -0.3 is 14.8 Å². The number of hydrogen-bond acceptors (Lipinski definition) is 6. The van der Waals surface area contributed by atoms with E-state index in [4.69, 9.17) is 9.47 Å². The largest absolute Gasteiger partial charge is 0.452 e. The van der Waals surface area contributed by atoms with E-state index in [9.17, 15) is 19.2 Å². The van der Waals surface area contributed by atoms with Crippen molar-refractivity contribution in [1.82, 2.24) is 4.90 Å². The van der Waals surface area contributed by atoms with Crippen molar-refractivity contribution in [2.24, 2.45) is 0 Å². The van der Waals surface area contributed by atoms with Gasteiger partial charge in [-0.05, 0) is 61.2 Å². The quantitative estimate of drug-likeness (QED) is 0.447. The molecule has 0 unspecified atom stereocenters. The van der Waals surface area contributed by atoms with Crippen LogP contribution in [0, 0.1) is 0 Å². The van der Waals surface area contributed by atoms with E-state index in [1.165, 1.54) is 18.2 Å². The van der Waals surface area contributed by atoms with Crippen LogP contribution in [0.25, 0.3) is 0 Å². The molecule has 33 heavy (non-hydrogen) atoms. The minimum absolute atomic E-state index is 0.0968. The van der Waals surface area contributed by atoms with Crippen LogP contribution in [0.2, 0.25) is 0 Å². The number of aryl methyl sites for hydroxylation is 1. The molecule has 2 heterocycles. The first-order valence-corrected chi connectivity index (χ1v) is 11.5. The smallest absolute Gasteiger partial charge is 0.338 e. The summed E-state index contributed by atoms with van der Waals surface area (Å²) in [5.41, 5.74) is 2.08. The molecule has 1 N–H and O–H groups in total. The van der Waals surface area contributed by atoms with Crippen LogP contribution >= 0.6 is 15.9 Å². The van der Waals surface area contributed by atoms with Gasteiger partial charge in [-0.1, -0.05) is 22.9 Å². The fraction of sp³-hybridized carbons (Fsp3) is 0.333. The van der Waals surface area contributed by atoms with Gasteiger partial charge in [-0.25, -0.2) is 4.79 Å². The Balaban J connectivity index is 1.38. The van der Waals surface area contributed by atoms with Gasteiger partial charge in [0.05, 0.1) is 29.3 Å². The number of halogens is 1.